The normalized spacial score (nSPS) is 33.0. The van der Waals surface area contributed by atoms with E-state index < -0.39 is 12.0 Å². The van der Waals surface area contributed by atoms with Gasteiger partial charge in [-0.2, -0.15) is 8.78 Å². The predicted octanol–water partition coefficient (Wildman–Crippen LogP) is 3.92. The zero-order valence-electron chi connectivity index (χ0n) is 15.3. The number of carbonyl (C=O) groups excluding carboxylic acids is 2. The molecular formula is C20H23ClF2N2O3. The van der Waals surface area contributed by atoms with Gasteiger partial charge in [0.05, 0.1) is 12.0 Å². The van der Waals surface area contributed by atoms with E-state index in [1.807, 2.05) is 0 Å². The summed E-state index contributed by atoms with van der Waals surface area (Å²) < 4.78 is 28.6. The second-order valence-corrected chi connectivity index (χ2v) is 9.33. The van der Waals surface area contributed by atoms with Crippen molar-refractivity contribution in [3.63, 3.8) is 0 Å². The van der Waals surface area contributed by atoms with Crippen LogP contribution < -0.4 is 15.4 Å². The van der Waals surface area contributed by atoms with Gasteiger partial charge in [0.2, 0.25) is 11.8 Å². The highest BCUT2D eigenvalue weighted by molar-refractivity contribution is 6.24. The summed E-state index contributed by atoms with van der Waals surface area (Å²) in [5.41, 5.74) is -0.00391. The van der Waals surface area contributed by atoms with Crippen molar-refractivity contribution in [1.82, 2.24) is 5.32 Å². The van der Waals surface area contributed by atoms with Gasteiger partial charge in [0.15, 0.2) is 0 Å². The molecule has 4 atom stereocenters. The number of ether oxygens (including phenoxy) is 1. The summed E-state index contributed by atoms with van der Waals surface area (Å²) in [5, 5.41) is 5.42. The summed E-state index contributed by atoms with van der Waals surface area (Å²) in [6, 6.07) is 5.62. The van der Waals surface area contributed by atoms with Crippen LogP contribution in [-0.2, 0) is 9.59 Å². The van der Waals surface area contributed by atoms with Crippen LogP contribution in [-0.4, -0.2) is 29.8 Å². The second-order valence-electron chi connectivity index (χ2n) is 8.53. The van der Waals surface area contributed by atoms with Crippen molar-refractivity contribution in [1.29, 1.82) is 0 Å². The predicted molar refractivity (Wildman–Crippen MR) is 100 cm³/mol. The fraction of sp³-hybridized carbons (Fsp3) is 0.600. The molecule has 4 saturated carbocycles. The summed E-state index contributed by atoms with van der Waals surface area (Å²) in [6.45, 7) is -3.03. The molecular weight excluding hydrogens is 390 g/mol. The van der Waals surface area contributed by atoms with Crippen molar-refractivity contribution < 1.29 is 23.1 Å². The van der Waals surface area contributed by atoms with E-state index in [-0.39, 0.29) is 29.0 Å². The molecule has 0 heterocycles. The van der Waals surface area contributed by atoms with Crippen molar-refractivity contribution in [3.8, 4) is 5.75 Å². The van der Waals surface area contributed by atoms with Gasteiger partial charge in [0.1, 0.15) is 5.75 Å². The molecule has 5 rings (SSSR count). The highest BCUT2D eigenvalue weighted by atomic mass is 35.5. The maximum absolute atomic E-state index is 12.9. The van der Waals surface area contributed by atoms with Gasteiger partial charge < -0.3 is 15.4 Å². The van der Waals surface area contributed by atoms with Crippen LogP contribution in [0.2, 0.25) is 0 Å². The number of benzene rings is 1. The Morgan fingerprint density at radius 1 is 1.14 bits per heavy atom. The van der Waals surface area contributed by atoms with E-state index in [0.29, 0.717) is 23.9 Å². The van der Waals surface area contributed by atoms with Crippen LogP contribution in [0.1, 0.15) is 38.5 Å². The molecule has 0 aromatic heterocycles. The first-order valence-electron chi connectivity index (χ1n) is 9.57. The lowest BCUT2D eigenvalue weighted by Gasteiger charge is -2.59. The monoisotopic (exact) mass is 412 g/mol. The number of alkyl halides is 3. The van der Waals surface area contributed by atoms with Gasteiger partial charge in [-0.1, -0.05) is 0 Å². The Morgan fingerprint density at radius 2 is 1.79 bits per heavy atom. The van der Waals surface area contributed by atoms with Gasteiger partial charge in [0.25, 0.3) is 0 Å². The number of halogens is 3. The van der Waals surface area contributed by atoms with Crippen LogP contribution >= 0.6 is 11.6 Å². The largest absolute Gasteiger partial charge is 0.435 e. The number of amides is 2. The van der Waals surface area contributed by atoms with Crippen molar-refractivity contribution in [2.24, 2.45) is 17.3 Å². The van der Waals surface area contributed by atoms with E-state index in [4.69, 9.17) is 11.6 Å². The molecule has 1 aromatic carbocycles. The molecule has 4 aliphatic rings. The number of rotatable bonds is 6. The summed E-state index contributed by atoms with van der Waals surface area (Å²) in [7, 11) is 0. The van der Waals surface area contributed by atoms with Gasteiger partial charge in [-0.25, -0.2) is 0 Å². The first kappa shape index (κ1) is 19.4. The first-order valence-corrected chi connectivity index (χ1v) is 9.95. The fourth-order valence-electron chi connectivity index (χ4n) is 5.69. The third kappa shape index (κ3) is 3.95. The lowest BCUT2D eigenvalue weighted by molar-refractivity contribution is -0.145. The maximum Gasteiger partial charge on any atom is 0.387 e. The zero-order valence-corrected chi connectivity index (χ0v) is 16.1. The smallest absolute Gasteiger partial charge is 0.387 e. The van der Waals surface area contributed by atoms with Gasteiger partial charge in [-0.15, -0.1) is 11.6 Å². The lowest BCUT2D eigenvalue weighted by atomic mass is 9.49. The van der Waals surface area contributed by atoms with Gasteiger partial charge in [-0.05, 0) is 74.6 Å². The third-order valence-corrected chi connectivity index (χ3v) is 6.69. The Hall–Kier alpha value is -1.89. The molecule has 152 valence electrons. The molecule has 2 amide bonds. The minimum Gasteiger partial charge on any atom is -0.435 e. The molecule has 2 N–H and O–H groups in total. The molecule has 0 spiro atoms. The molecule has 5 nitrogen and oxygen atoms in total. The standard InChI is InChI=1S/C20H23ClF2N2O3/c21-20-8-12-5-13(9-20)7-19(6-12,11-20)17(27)24-10-16(26)25-14-1-3-15(4-2-14)28-18(22)23/h1-4,12-13,18H,5-11H2,(H,24,27)(H,25,26)/t12-,13+,19?,20?. The van der Waals surface area contributed by atoms with Crippen LogP contribution in [0.4, 0.5) is 14.5 Å². The van der Waals surface area contributed by atoms with E-state index in [1.54, 1.807) is 0 Å². The number of hydrogen-bond acceptors (Lipinski definition) is 3. The fourth-order valence-corrected chi connectivity index (χ4v) is 6.38. The van der Waals surface area contributed by atoms with E-state index >= 15 is 0 Å². The first-order chi connectivity index (χ1) is 13.3. The van der Waals surface area contributed by atoms with Crippen molar-refractivity contribution in [2.45, 2.75) is 50.0 Å². The zero-order chi connectivity index (χ0) is 19.9. The van der Waals surface area contributed by atoms with Crippen LogP contribution in [0.3, 0.4) is 0 Å². The molecule has 2 unspecified atom stereocenters. The minimum absolute atomic E-state index is 0.0121. The SMILES string of the molecule is O=C(CNC(=O)C12C[C@@H]3C[C@@H](CC(Cl)(C3)C1)C2)Nc1ccc(OC(F)F)cc1. The topological polar surface area (TPSA) is 67.4 Å². The molecule has 0 saturated heterocycles. The van der Waals surface area contributed by atoms with Crippen LogP contribution in [0, 0.1) is 17.3 Å². The highest BCUT2D eigenvalue weighted by Gasteiger charge is 2.60. The van der Waals surface area contributed by atoms with Crippen molar-refractivity contribution >= 4 is 29.1 Å². The molecule has 4 fully saturated rings. The van der Waals surface area contributed by atoms with Gasteiger partial charge in [0, 0.05) is 10.6 Å². The van der Waals surface area contributed by atoms with Crippen molar-refractivity contribution in [3.05, 3.63) is 24.3 Å². The van der Waals surface area contributed by atoms with Crippen molar-refractivity contribution in [2.75, 3.05) is 11.9 Å². The molecule has 28 heavy (non-hydrogen) atoms. The lowest BCUT2D eigenvalue weighted by Crippen LogP contribution is -2.58. The van der Waals surface area contributed by atoms with E-state index in [1.165, 1.54) is 24.3 Å². The number of nitrogens with one attached hydrogen (secondary N) is 2. The summed E-state index contributed by atoms with van der Waals surface area (Å²) >= 11 is 6.76. The molecule has 1 aromatic rings. The van der Waals surface area contributed by atoms with Gasteiger partial charge >= 0.3 is 6.61 Å². The molecule has 8 heteroatoms. The molecule has 4 aliphatic carbocycles. The third-order valence-electron chi connectivity index (χ3n) is 6.24. The number of anilines is 1. The maximum atomic E-state index is 12.9. The molecule has 0 radical (unpaired) electrons. The summed E-state index contributed by atoms with van der Waals surface area (Å²) in [4.78, 5) is 24.8. The average molecular weight is 413 g/mol. The Kier molecular flexibility index (Phi) is 4.98. The van der Waals surface area contributed by atoms with Crippen LogP contribution in [0.15, 0.2) is 24.3 Å². The highest BCUT2D eigenvalue weighted by Crippen LogP contribution is 2.63. The minimum atomic E-state index is -2.90. The Morgan fingerprint density at radius 3 is 2.36 bits per heavy atom. The number of carbonyl (C=O) groups is 2. The van der Waals surface area contributed by atoms with Crippen LogP contribution in [0.25, 0.3) is 0 Å². The Labute approximate surface area is 167 Å². The quantitative estimate of drug-likeness (QED) is 0.696. The molecule has 0 aliphatic heterocycles. The second kappa shape index (κ2) is 7.17. The molecule has 4 bridgehead atoms. The number of hydrogen-bond donors (Lipinski definition) is 2. The Balaban J connectivity index is 1.31. The summed E-state index contributed by atoms with van der Waals surface area (Å²) in [6.07, 6.45) is 5.55. The van der Waals surface area contributed by atoms with E-state index in [0.717, 1.165) is 32.1 Å². The average Bonchev–Trinajstić information content (AvgIpc) is 2.59. The van der Waals surface area contributed by atoms with E-state index in [9.17, 15) is 18.4 Å². The van der Waals surface area contributed by atoms with E-state index in [2.05, 4.69) is 15.4 Å². The summed E-state index contributed by atoms with van der Waals surface area (Å²) in [5.74, 6) is 0.571. The van der Waals surface area contributed by atoms with Crippen LogP contribution in [0.5, 0.6) is 5.75 Å². The van der Waals surface area contributed by atoms with Gasteiger partial charge in [-0.3, -0.25) is 9.59 Å². The Bertz CT molecular complexity index is 757.